The summed E-state index contributed by atoms with van der Waals surface area (Å²) in [5.74, 6) is 5.62. The first-order chi connectivity index (χ1) is 8.35. The minimum absolute atomic E-state index is 0.0400. The van der Waals surface area contributed by atoms with E-state index in [0.29, 0.717) is 0 Å². The quantitative estimate of drug-likeness (QED) is 0.631. The normalized spacial score (nSPS) is 12.6. The predicted molar refractivity (Wildman–Crippen MR) is 71.7 cm³/mol. The summed E-state index contributed by atoms with van der Waals surface area (Å²) in [6.45, 7) is 2.19. The second-order valence-corrected chi connectivity index (χ2v) is 4.91. The first-order valence-corrected chi connectivity index (χ1v) is 6.66. The first kappa shape index (κ1) is 12.2. The van der Waals surface area contributed by atoms with E-state index in [1.54, 1.807) is 11.3 Å². The SMILES string of the molecule is CCCc1ccc(C(NN)c2cncs2)cc1. The third-order valence-corrected chi connectivity index (χ3v) is 3.59. The van der Waals surface area contributed by atoms with E-state index in [0.717, 1.165) is 11.3 Å². The minimum atomic E-state index is 0.0400. The summed E-state index contributed by atoms with van der Waals surface area (Å²) in [7, 11) is 0. The molecule has 3 nitrogen and oxygen atoms in total. The van der Waals surface area contributed by atoms with Crippen LogP contribution in [0.15, 0.2) is 36.0 Å². The predicted octanol–water partition coefficient (Wildman–Crippen LogP) is 2.65. The highest BCUT2D eigenvalue weighted by atomic mass is 32.1. The largest absolute Gasteiger partial charge is 0.271 e. The van der Waals surface area contributed by atoms with Crippen LogP contribution >= 0.6 is 11.3 Å². The van der Waals surface area contributed by atoms with Crippen LogP contribution in [0.1, 0.15) is 35.4 Å². The molecule has 0 fully saturated rings. The Labute approximate surface area is 106 Å². The van der Waals surface area contributed by atoms with E-state index < -0.39 is 0 Å². The minimum Gasteiger partial charge on any atom is -0.271 e. The summed E-state index contributed by atoms with van der Waals surface area (Å²) >= 11 is 1.61. The van der Waals surface area contributed by atoms with Crippen molar-refractivity contribution < 1.29 is 0 Å². The van der Waals surface area contributed by atoms with Crippen LogP contribution in [0.25, 0.3) is 0 Å². The lowest BCUT2D eigenvalue weighted by Gasteiger charge is -2.14. The van der Waals surface area contributed by atoms with Gasteiger partial charge in [0.1, 0.15) is 0 Å². The molecule has 4 heteroatoms. The standard InChI is InChI=1S/C13H17N3S/c1-2-3-10-4-6-11(7-5-10)13(16-14)12-8-15-9-17-12/h4-9,13,16H,2-3,14H2,1H3. The Balaban J connectivity index is 2.20. The summed E-state index contributed by atoms with van der Waals surface area (Å²) in [5.41, 5.74) is 7.22. The molecule has 0 radical (unpaired) electrons. The Morgan fingerprint density at radius 2 is 2.12 bits per heavy atom. The van der Waals surface area contributed by atoms with Crippen LogP contribution in [0, 0.1) is 0 Å². The molecule has 90 valence electrons. The van der Waals surface area contributed by atoms with Crippen molar-refractivity contribution in [2.24, 2.45) is 5.84 Å². The van der Waals surface area contributed by atoms with E-state index in [1.165, 1.54) is 17.5 Å². The number of nitrogens with one attached hydrogen (secondary N) is 1. The molecule has 0 amide bonds. The molecule has 0 aliphatic rings. The van der Waals surface area contributed by atoms with Crippen molar-refractivity contribution in [1.82, 2.24) is 10.4 Å². The number of nitrogens with zero attached hydrogens (tertiary/aromatic N) is 1. The van der Waals surface area contributed by atoms with Crippen LogP contribution in [0.4, 0.5) is 0 Å². The molecule has 0 bridgehead atoms. The lowest BCUT2D eigenvalue weighted by Crippen LogP contribution is -2.28. The fraction of sp³-hybridized carbons (Fsp3) is 0.308. The number of nitrogens with two attached hydrogens (primary N) is 1. The molecule has 0 saturated heterocycles. The van der Waals surface area contributed by atoms with E-state index in [4.69, 9.17) is 5.84 Å². The summed E-state index contributed by atoms with van der Waals surface area (Å²) in [6, 6.07) is 8.65. The van der Waals surface area contributed by atoms with Crippen molar-refractivity contribution >= 4 is 11.3 Å². The maximum absolute atomic E-state index is 5.62. The molecule has 2 aromatic rings. The van der Waals surface area contributed by atoms with E-state index in [9.17, 15) is 0 Å². The summed E-state index contributed by atoms with van der Waals surface area (Å²) in [6.07, 6.45) is 4.16. The third kappa shape index (κ3) is 2.91. The number of hydrogen-bond acceptors (Lipinski definition) is 4. The zero-order valence-electron chi connectivity index (χ0n) is 9.89. The van der Waals surface area contributed by atoms with Crippen LogP contribution in [0.3, 0.4) is 0 Å². The molecule has 0 saturated carbocycles. The summed E-state index contributed by atoms with van der Waals surface area (Å²) < 4.78 is 0. The number of aryl methyl sites for hydroxylation is 1. The van der Waals surface area contributed by atoms with E-state index in [2.05, 4.69) is 41.6 Å². The van der Waals surface area contributed by atoms with Gasteiger partial charge in [0.2, 0.25) is 0 Å². The van der Waals surface area contributed by atoms with Gasteiger partial charge in [0.25, 0.3) is 0 Å². The maximum atomic E-state index is 5.62. The van der Waals surface area contributed by atoms with Gasteiger partial charge in [0.15, 0.2) is 0 Å². The van der Waals surface area contributed by atoms with Gasteiger partial charge in [-0.15, -0.1) is 11.3 Å². The zero-order chi connectivity index (χ0) is 12.1. The summed E-state index contributed by atoms with van der Waals surface area (Å²) in [4.78, 5) is 5.22. The number of aromatic nitrogens is 1. The number of benzene rings is 1. The second-order valence-electron chi connectivity index (χ2n) is 4.00. The maximum Gasteiger partial charge on any atom is 0.0818 e. The van der Waals surface area contributed by atoms with Gasteiger partial charge < -0.3 is 0 Å². The molecule has 1 aromatic heterocycles. The van der Waals surface area contributed by atoms with Crippen LogP contribution < -0.4 is 11.3 Å². The molecule has 3 N–H and O–H groups in total. The van der Waals surface area contributed by atoms with Crippen molar-refractivity contribution in [1.29, 1.82) is 0 Å². The first-order valence-electron chi connectivity index (χ1n) is 5.78. The fourth-order valence-corrected chi connectivity index (χ4v) is 2.58. The zero-order valence-corrected chi connectivity index (χ0v) is 10.7. The number of rotatable bonds is 5. The fourth-order valence-electron chi connectivity index (χ4n) is 1.88. The van der Waals surface area contributed by atoms with E-state index in [1.807, 2.05) is 11.7 Å². The molecule has 2 rings (SSSR count). The van der Waals surface area contributed by atoms with Crippen LogP contribution in [-0.2, 0) is 6.42 Å². The van der Waals surface area contributed by atoms with Crippen molar-refractivity contribution in [2.75, 3.05) is 0 Å². The average Bonchev–Trinajstić information content (AvgIpc) is 2.86. The molecule has 0 aliphatic heterocycles. The van der Waals surface area contributed by atoms with E-state index in [-0.39, 0.29) is 6.04 Å². The number of hydrogen-bond donors (Lipinski definition) is 2. The average molecular weight is 247 g/mol. The Hall–Kier alpha value is -1.23. The van der Waals surface area contributed by atoms with Gasteiger partial charge in [-0.05, 0) is 17.5 Å². The van der Waals surface area contributed by atoms with Gasteiger partial charge in [-0.1, -0.05) is 37.6 Å². The monoisotopic (exact) mass is 247 g/mol. The van der Waals surface area contributed by atoms with Gasteiger partial charge in [0, 0.05) is 11.1 Å². The molecule has 0 aliphatic carbocycles. The van der Waals surface area contributed by atoms with Gasteiger partial charge in [-0.2, -0.15) is 0 Å². The Morgan fingerprint density at radius 1 is 1.35 bits per heavy atom. The van der Waals surface area contributed by atoms with Gasteiger partial charge >= 0.3 is 0 Å². The molecule has 1 heterocycles. The Kier molecular flexibility index (Phi) is 4.25. The molecule has 1 aromatic carbocycles. The molecule has 1 atom stereocenters. The molecular weight excluding hydrogens is 230 g/mol. The smallest absolute Gasteiger partial charge is 0.0818 e. The van der Waals surface area contributed by atoms with Crippen LogP contribution in [-0.4, -0.2) is 4.98 Å². The second kappa shape index (κ2) is 5.91. The molecule has 17 heavy (non-hydrogen) atoms. The van der Waals surface area contributed by atoms with Crippen LogP contribution in [0.5, 0.6) is 0 Å². The van der Waals surface area contributed by atoms with Crippen molar-refractivity contribution in [3.8, 4) is 0 Å². The van der Waals surface area contributed by atoms with Crippen molar-refractivity contribution in [3.63, 3.8) is 0 Å². The molecular formula is C13H17N3S. The van der Waals surface area contributed by atoms with Gasteiger partial charge in [0.05, 0.1) is 11.6 Å². The van der Waals surface area contributed by atoms with Crippen molar-refractivity contribution in [2.45, 2.75) is 25.8 Å². The Bertz CT molecular complexity index is 436. The van der Waals surface area contributed by atoms with Crippen LogP contribution in [0.2, 0.25) is 0 Å². The molecule has 0 spiro atoms. The topological polar surface area (TPSA) is 50.9 Å². The number of hydrazine groups is 1. The van der Waals surface area contributed by atoms with Crippen molar-refractivity contribution in [3.05, 3.63) is 52.0 Å². The number of thiazole rings is 1. The highest BCUT2D eigenvalue weighted by Gasteiger charge is 2.13. The lowest BCUT2D eigenvalue weighted by atomic mass is 10.0. The highest BCUT2D eigenvalue weighted by molar-refractivity contribution is 7.09. The third-order valence-electron chi connectivity index (χ3n) is 2.75. The Morgan fingerprint density at radius 3 is 2.65 bits per heavy atom. The molecule has 1 unspecified atom stereocenters. The highest BCUT2D eigenvalue weighted by Crippen LogP contribution is 2.24. The van der Waals surface area contributed by atoms with Gasteiger partial charge in [-0.3, -0.25) is 10.8 Å². The van der Waals surface area contributed by atoms with Gasteiger partial charge in [-0.25, -0.2) is 5.43 Å². The summed E-state index contributed by atoms with van der Waals surface area (Å²) in [5, 5.41) is 0. The lowest BCUT2D eigenvalue weighted by molar-refractivity contribution is 0.645. The van der Waals surface area contributed by atoms with E-state index >= 15 is 0 Å².